The number of nitrogens with zero attached hydrogens (tertiary/aromatic N) is 1. The molecule has 0 aliphatic rings. The second-order valence-electron chi connectivity index (χ2n) is 8.24. The fourth-order valence-electron chi connectivity index (χ4n) is 2.25. The van der Waals surface area contributed by atoms with Gasteiger partial charge in [-0.1, -0.05) is 65.2 Å². The van der Waals surface area contributed by atoms with Crippen molar-refractivity contribution in [2.24, 2.45) is 0 Å². The topological polar surface area (TPSA) is 3.24 Å². The number of hydrogen-bond acceptors (Lipinski definition) is 1. The highest BCUT2D eigenvalue weighted by Crippen LogP contribution is 2.40. The number of benzene rings is 1. The van der Waals surface area contributed by atoms with Crippen LogP contribution in [0.25, 0.3) is 0 Å². The molecule has 0 heterocycles. The molecule has 0 bridgehead atoms. The standard InChI is InChI=1S/C18H33NSi2/c1-9-20(5,6)16-15-19(17-13-11-10-12-14-17)21(7,8)18(2,3)4/h9-14H,1,15-16H2,2-8H3. The van der Waals surface area contributed by atoms with Gasteiger partial charge in [0, 0.05) is 12.2 Å². The van der Waals surface area contributed by atoms with Crippen LogP contribution in [-0.2, 0) is 0 Å². The number of rotatable bonds is 6. The Morgan fingerprint density at radius 1 is 1.05 bits per heavy atom. The molecule has 0 aromatic heterocycles. The monoisotopic (exact) mass is 319 g/mol. The minimum atomic E-state index is -1.57. The van der Waals surface area contributed by atoms with E-state index in [9.17, 15) is 0 Å². The Balaban J connectivity index is 3.10. The first-order valence-electron chi connectivity index (χ1n) is 7.97. The number of hydrogen-bond donors (Lipinski definition) is 0. The van der Waals surface area contributed by atoms with Crippen molar-refractivity contribution in [3.05, 3.63) is 42.6 Å². The molecule has 1 aromatic carbocycles. The van der Waals surface area contributed by atoms with Crippen LogP contribution >= 0.6 is 0 Å². The lowest BCUT2D eigenvalue weighted by molar-refractivity contribution is 0.705. The molecule has 0 radical (unpaired) electrons. The fourth-order valence-corrected chi connectivity index (χ4v) is 5.75. The molecule has 0 spiro atoms. The summed E-state index contributed by atoms with van der Waals surface area (Å²) in [6, 6.07) is 12.2. The normalized spacial score (nSPS) is 13.1. The van der Waals surface area contributed by atoms with Crippen LogP contribution < -0.4 is 4.57 Å². The smallest absolute Gasteiger partial charge is 0.155 e. The second-order valence-corrected chi connectivity index (χ2v) is 18.3. The van der Waals surface area contributed by atoms with E-state index in [4.69, 9.17) is 0 Å². The summed E-state index contributed by atoms with van der Waals surface area (Å²) in [5.41, 5.74) is 3.61. The zero-order chi connectivity index (χ0) is 16.3. The van der Waals surface area contributed by atoms with Gasteiger partial charge in [0.15, 0.2) is 8.24 Å². The van der Waals surface area contributed by atoms with Crippen molar-refractivity contribution in [3.8, 4) is 0 Å². The first kappa shape index (κ1) is 18.2. The van der Waals surface area contributed by atoms with Crippen molar-refractivity contribution in [1.29, 1.82) is 0 Å². The molecule has 3 heteroatoms. The summed E-state index contributed by atoms with van der Waals surface area (Å²) >= 11 is 0. The van der Waals surface area contributed by atoms with E-state index in [2.05, 4.69) is 94.1 Å². The molecule has 1 aromatic rings. The van der Waals surface area contributed by atoms with Crippen LogP contribution in [-0.4, -0.2) is 22.9 Å². The highest BCUT2D eigenvalue weighted by molar-refractivity contribution is 6.84. The zero-order valence-electron chi connectivity index (χ0n) is 15.0. The van der Waals surface area contributed by atoms with Crippen molar-refractivity contribution in [1.82, 2.24) is 0 Å². The molecule has 0 atom stereocenters. The zero-order valence-corrected chi connectivity index (χ0v) is 17.0. The quantitative estimate of drug-likeness (QED) is 0.587. The van der Waals surface area contributed by atoms with Crippen LogP contribution in [0.5, 0.6) is 0 Å². The van der Waals surface area contributed by atoms with E-state index >= 15 is 0 Å². The maximum atomic E-state index is 4.05. The average molecular weight is 320 g/mol. The van der Waals surface area contributed by atoms with Gasteiger partial charge in [0.05, 0.1) is 8.07 Å². The lowest BCUT2D eigenvalue weighted by atomic mass is 10.2. The fraction of sp³-hybridized carbons (Fsp3) is 0.556. The Kier molecular flexibility index (Phi) is 5.67. The Morgan fingerprint density at radius 2 is 1.57 bits per heavy atom. The summed E-state index contributed by atoms with van der Waals surface area (Å²) in [6.45, 7) is 22.2. The summed E-state index contributed by atoms with van der Waals surface area (Å²) in [6.07, 6.45) is 0. The molecule has 1 rings (SSSR count). The Hall–Kier alpha value is -0.806. The molecule has 0 fully saturated rings. The van der Waals surface area contributed by atoms with Crippen molar-refractivity contribution in [3.63, 3.8) is 0 Å². The van der Waals surface area contributed by atoms with Gasteiger partial charge in [-0.05, 0) is 23.2 Å². The van der Waals surface area contributed by atoms with E-state index in [0.717, 1.165) is 6.54 Å². The molecular formula is C18H33NSi2. The Bertz CT molecular complexity index is 458. The van der Waals surface area contributed by atoms with Crippen LogP contribution in [0.2, 0.25) is 37.3 Å². The van der Waals surface area contributed by atoms with Crippen LogP contribution in [0.15, 0.2) is 42.6 Å². The average Bonchev–Trinajstić information content (AvgIpc) is 2.38. The third kappa shape index (κ3) is 4.58. The van der Waals surface area contributed by atoms with Gasteiger partial charge >= 0.3 is 0 Å². The lowest BCUT2D eigenvalue weighted by Gasteiger charge is -2.48. The van der Waals surface area contributed by atoms with Gasteiger partial charge in [0.1, 0.15) is 0 Å². The Morgan fingerprint density at radius 3 is 2.00 bits per heavy atom. The van der Waals surface area contributed by atoms with Gasteiger partial charge in [-0.15, -0.1) is 12.3 Å². The predicted octanol–water partition coefficient (Wildman–Crippen LogP) is 5.93. The van der Waals surface area contributed by atoms with Crippen molar-refractivity contribution in [2.45, 2.75) is 58.0 Å². The van der Waals surface area contributed by atoms with Crippen molar-refractivity contribution >= 4 is 22.0 Å². The van der Waals surface area contributed by atoms with Gasteiger partial charge in [-0.3, -0.25) is 0 Å². The molecule has 0 amide bonds. The summed E-state index contributed by atoms with van der Waals surface area (Å²) in [4.78, 5) is 0. The maximum absolute atomic E-state index is 4.05. The minimum Gasteiger partial charge on any atom is -0.397 e. The summed E-state index contributed by atoms with van der Waals surface area (Å²) in [5, 5.41) is 0.350. The molecule has 0 saturated carbocycles. The minimum absolute atomic E-state index is 0.350. The van der Waals surface area contributed by atoms with Crippen LogP contribution in [0.4, 0.5) is 5.69 Å². The third-order valence-electron chi connectivity index (χ3n) is 5.11. The molecule has 0 unspecified atom stereocenters. The van der Waals surface area contributed by atoms with Crippen LogP contribution in [0, 0.1) is 0 Å². The highest BCUT2D eigenvalue weighted by atomic mass is 28.3. The van der Waals surface area contributed by atoms with Gasteiger partial charge in [0.2, 0.25) is 0 Å². The first-order valence-corrected chi connectivity index (χ1v) is 14.2. The second kappa shape index (κ2) is 6.53. The van der Waals surface area contributed by atoms with Gasteiger partial charge in [-0.25, -0.2) is 0 Å². The molecule has 21 heavy (non-hydrogen) atoms. The van der Waals surface area contributed by atoms with E-state index in [1.54, 1.807) is 0 Å². The first-order chi connectivity index (χ1) is 9.51. The van der Waals surface area contributed by atoms with Crippen LogP contribution in [0.3, 0.4) is 0 Å². The van der Waals surface area contributed by atoms with E-state index in [1.807, 2.05) is 0 Å². The maximum Gasteiger partial charge on any atom is 0.155 e. The van der Waals surface area contributed by atoms with Gasteiger partial charge in [0.25, 0.3) is 0 Å². The molecule has 0 saturated heterocycles. The Labute approximate surface area is 134 Å². The largest absolute Gasteiger partial charge is 0.397 e. The van der Waals surface area contributed by atoms with E-state index in [1.165, 1.54) is 11.7 Å². The molecule has 118 valence electrons. The van der Waals surface area contributed by atoms with E-state index in [-0.39, 0.29) is 0 Å². The molecule has 0 aliphatic heterocycles. The lowest BCUT2D eigenvalue weighted by Crippen LogP contribution is -2.56. The summed E-state index contributed by atoms with van der Waals surface area (Å²) in [5.74, 6) is 0. The predicted molar refractivity (Wildman–Crippen MR) is 103 cm³/mol. The third-order valence-corrected chi connectivity index (χ3v) is 13.2. The van der Waals surface area contributed by atoms with Gasteiger partial charge in [-0.2, -0.15) is 0 Å². The summed E-state index contributed by atoms with van der Waals surface area (Å²) < 4.78 is 2.73. The molecule has 1 nitrogen and oxygen atoms in total. The van der Waals surface area contributed by atoms with Crippen molar-refractivity contribution in [2.75, 3.05) is 11.1 Å². The number of anilines is 1. The summed E-state index contributed by atoms with van der Waals surface area (Å²) in [7, 11) is -2.83. The molecule has 0 N–H and O–H groups in total. The molecular weight excluding hydrogens is 286 g/mol. The molecule has 0 aliphatic carbocycles. The van der Waals surface area contributed by atoms with E-state index in [0.29, 0.717) is 5.04 Å². The van der Waals surface area contributed by atoms with Gasteiger partial charge < -0.3 is 4.57 Å². The SMILES string of the molecule is C=C[Si](C)(C)CCN(c1ccccc1)[Si](C)(C)C(C)(C)C. The van der Waals surface area contributed by atoms with Crippen LogP contribution in [0.1, 0.15) is 20.8 Å². The van der Waals surface area contributed by atoms with Crippen molar-refractivity contribution < 1.29 is 0 Å². The van der Waals surface area contributed by atoms with E-state index < -0.39 is 16.3 Å². The number of para-hydroxylation sites is 1. The highest BCUT2D eigenvalue weighted by Gasteiger charge is 2.41.